The zero-order chi connectivity index (χ0) is 28.8. The highest BCUT2D eigenvalue weighted by atomic mass is 16.6. The summed E-state index contributed by atoms with van der Waals surface area (Å²) in [6, 6.07) is 21.8. The van der Waals surface area contributed by atoms with E-state index in [1.165, 1.54) is 14.2 Å². The van der Waals surface area contributed by atoms with Gasteiger partial charge in [-0.2, -0.15) is 0 Å². The first-order valence-electron chi connectivity index (χ1n) is 13.7. The molecule has 2 atom stereocenters. The minimum atomic E-state index is -0.929. The summed E-state index contributed by atoms with van der Waals surface area (Å²) in [5.74, 6) is -0.339. The van der Waals surface area contributed by atoms with Crippen LogP contribution in [0, 0.1) is 0 Å². The topological polar surface area (TPSA) is 113 Å². The molecule has 10 nitrogen and oxygen atoms in total. The van der Waals surface area contributed by atoms with Crippen LogP contribution in [0.25, 0.3) is 0 Å². The molecule has 1 saturated heterocycles. The third-order valence-electron chi connectivity index (χ3n) is 7.63. The number of benzene rings is 3. The number of aliphatic hydroxyl groups excluding tert-OH is 1. The van der Waals surface area contributed by atoms with Crippen molar-refractivity contribution in [3.8, 4) is 0 Å². The number of aliphatic hydroxyl groups is 1. The van der Waals surface area contributed by atoms with E-state index >= 15 is 0 Å². The molecule has 2 aliphatic rings. The number of rotatable bonds is 10. The van der Waals surface area contributed by atoms with E-state index in [1.807, 2.05) is 60.7 Å². The quantitative estimate of drug-likeness (QED) is 0.316. The van der Waals surface area contributed by atoms with E-state index in [0.29, 0.717) is 36.5 Å². The van der Waals surface area contributed by atoms with E-state index in [-0.39, 0.29) is 24.6 Å². The SMILES string of the molecule is COCC(NC(=O)c1ccc(N2CCC(N3C(=O)OCc4ccccc43)CC2)c(NOC)c1)C(O)c1ccccc1. The number of carbonyl (C=O) groups is 2. The van der Waals surface area contributed by atoms with Crippen LogP contribution in [-0.4, -0.2) is 63.1 Å². The van der Waals surface area contributed by atoms with E-state index in [9.17, 15) is 14.7 Å². The van der Waals surface area contributed by atoms with Gasteiger partial charge in [-0.1, -0.05) is 48.5 Å². The van der Waals surface area contributed by atoms with Crippen LogP contribution in [0.5, 0.6) is 0 Å². The van der Waals surface area contributed by atoms with Gasteiger partial charge in [0.15, 0.2) is 0 Å². The molecule has 0 bridgehead atoms. The van der Waals surface area contributed by atoms with Gasteiger partial charge in [0, 0.05) is 37.4 Å². The number of anilines is 3. The van der Waals surface area contributed by atoms with Crippen molar-refractivity contribution in [2.75, 3.05) is 49.2 Å². The van der Waals surface area contributed by atoms with E-state index in [0.717, 1.165) is 29.8 Å². The van der Waals surface area contributed by atoms with Crippen LogP contribution in [0.15, 0.2) is 72.8 Å². The number of ether oxygens (including phenoxy) is 2. The fraction of sp³-hybridized carbons (Fsp3) is 0.355. The number of nitrogens with zero attached hydrogens (tertiary/aromatic N) is 2. The van der Waals surface area contributed by atoms with Crippen molar-refractivity contribution in [2.24, 2.45) is 0 Å². The Morgan fingerprint density at radius 2 is 1.76 bits per heavy atom. The van der Waals surface area contributed by atoms with Gasteiger partial charge < -0.3 is 24.8 Å². The van der Waals surface area contributed by atoms with Crippen LogP contribution in [0.2, 0.25) is 0 Å². The minimum absolute atomic E-state index is 0.0258. The predicted octanol–water partition coefficient (Wildman–Crippen LogP) is 4.26. The monoisotopic (exact) mass is 560 g/mol. The Labute approximate surface area is 239 Å². The molecule has 3 N–H and O–H groups in total. The van der Waals surface area contributed by atoms with Crippen LogP contribution in [0.3, 0.4) is 0 Å². The first kappa shape index (κ1) is 28.4. The summed E-state index contributed by atoms with van der Waals surface area (Å²) in [5.41, 5.74) is 7.48. The zero-order valence-electron chi connectivity index (χ0n) is 23.3. The predicted molar refractivity (Wildman–Crippen MR) is 156 cm³/mol. The maximum atomic E-state index is 13.2. The van der Waals surface area contributed by atoms with Crippen LogP contribution in [-0.2, 0) is 20.9 Å². The first-order chi connectivity index (χ1) is 20.0. The van der Waals surface area contributed by atoms with Gasteiger partial charge in [0.1, 0.15) is 12.7 Å². The van der Waals surface area contributed by atoms with Crippen molar-refractivity contribution >= 4 is 29.1 Å². The number of hydrogen-bond acceptors (Lipinski definition) is 8. The Kier molecular flexibility index (Phi) is 9.03. The summed E-state index contributed by atoms with van der Waals surface area (Å²) in [4.78, 5) is 35.2. The Morgan fingerprint density at radius 1 is 1.02 bits per heavy atom. The highest BCUT2D eigenvalue weighted by Crippen LogP contribution is 2.35. The minimum Gasteiger partial charge on any atom is -0.444 e. The summed E-state index contributed by atoms with van der Waals surface area (Å²) < 4.78 is 10.7. The van der Waals surface area contributed by atoms with E-state index < -0.39 is 12.1 Å². The molecule has 41 heavy (non-hydrogen) atoms. The molecule has 2 aliphatic heterocycles. The Bertz CT molecular complexity index is 1350. The van der Waals surface area contributed by atoms with Crippen LogP contribution in [0.4, 0.5) is 21.9 Å². The number of para-hydroxylation sites is 1. The molecule has 2 amide bonds. The molecule has 0 spiro atoms. The highest BCUT2D eigenvalue weighted by molar-refractivity contribution is 5.96. The largest absolute Gasteiger partial charge is 0.444 e. The summed E-state index contributed by atoms with van der Waals surface area (Å²) in [6.07, 6.45) is 0.285. The molecule has 0 saturated carbocycles. The van der Waals surface area contributed by atoms with Crippen molar-refractivity contribution in [3.05, 3.63) is 89.5 Å². The molecule has 2 unspecified atom stereocenters. The summed E-state index contributed by atoms with van der Waals surface area (Å²) in [6.45, 7) is 1.86. The third kappa shape index (κ3) is 6.30. The van der Waals surface area contributed by atoms with Gasteiger partial charge in [-0.3, -0.25) is 20.0 Å². The Morgan fingerprint density at radius 3 is 2.49 bits per heavy atom. The van der Waals surface area contributed by atoms with Crippen LogP contribution < -0.4 is 20.6 Å². The molecule has 0 aliphatic carbocycles. The van der Waals surface area contributed by atoms with E-state index in [1.54, 1.807) is 17.0 Å². The van der Waals surface area contributed by atoms with Crippen LogP contribution in [0.1, 0.15) is 40.4 Å². The van der Waals surface area contributed by atoms with Crippen molar-refractivity contribution in [1.82, 2.24) is 5.32 Å². The number of amides is 2. The lowest BCUT2D eigenvalue weighted by Crippen LogP contribution is -2.49. The molecular formula is C31H36N4O6. The molecule has 10 heteroatoms. The molecule has 216 valence electrons. The van der Waals surface area contributed by atoms with E-state index in [2.05, 4.69) is 15.7 Å². The van der Waals surface area contributed by atoms with Gasteiger partial charge in [0.2, 0.25) is 0 Å². The van der Waals surface area contributed by atoms with Gasteiger partial charge in [-0.15, -0.1) is 0 Å². The maximum absolute atomic E-state index is 13.2. The van der Waals surface area contributed by atoms with E-state index in [4.69, 9.17) is 14.3 Å². The van der Waals surface area contributed by atoms with Crippen molar-refractivity contribution in [3.63, 3.8) is 0 Å². The number of fused-ring (bicyclic) bond motifs is 1. The average molecular weight is 561 g/mol. The number of cyclic esters (lactones) is 1. The molecule has 3 aromatic carbocycles. The lowest BCUT2D eigenvalue weighted by Gasteiger charge is -2.41. The average Bonchev–Trinajstić information content (AvgIpc) is 3.01. The third-order valence-corrected chi connectivity index (χ3v) is 7.63. The number of hydrogen-bond donors (Lipinski definition) is 3. The first-order valence-corrected chi connectivity index (χ1v) is 13.7. The maximum Gasteiger partial charge on any atom is 0.414 e. The summed E-state index contributed by atoms with van der Waals surface area (Å²) >= 11 is 0. The molecule has 2 heterocycles. The molecule has 1 fully saturated rings. The smallest absolute Gasteiger partial charge is 0.414 e. The lowest BCUT2D eigenvalue weighted by molar-refractivity contribution is 0.0594. The molecule has 0 radical (unpaired) electrons. The molecule has 3 aromatic rings. The van der Waals surface area contributed by atoms with Gasteiger partial charge in [-0.25, -0.2) is 4.79 Å². The fourth-order valence-electron chi connectivity index (χ4n) is 5.56. The fourth-order valence-corrected chi connectivity index (χ4v) is 5.56. The van der Waals surface area contributed by atoms with Crippen molar-refractivity contribution in [2.45, 2.75) is 37.6 Å². The standard InChI is InChI=1S/C31H36N4O6/c1-39-20-26(29(36)21-8-4-3-5-9-21)32-30(37)22-12-13-28(25(18-22)33-40-2)34-16-14-24(15-17-34)35-27-11-7-6-10-23(27)19-41-31(35)38/h3-13,18,24,26,29,33,36H,14-17,19-20H2,1-2H3,(H,32,37). The number of carbonyl (C=O) groups excluding carboxylic acids is 2. The molecule has 0 aromatic heterocycles. The highest BCUT2D eigenvalue weighted by Gasteiger charge is 2.34. The number of methoxy groups -OCH3 is 1. The molecular weight excluding hydrogens is 524 g/mol. The van der Waals surface area contributed by atoms with Gasteiger partial charge in [0.25, 0.3) is 5.91 Å². The Hall–Kier alpha value is -4.12. The Balaban J connectivity index is 1.28. The second kappa shape index (κ2) is 13.0. The van der Waals surface area contributed by atoms with Crippen molar-refractivity contribution in [1.29, 1.82) is 0 Å². The van der Waals surface area contributed by atoms with Gasteiger partial charge in [0.05, 0.1) is 36.8 Å². The molecule has 5 rings (SSSR count). The summed E-state index contributed by atoms with van der Waals surface area (Å²) in [5, 5.41) is 13.8. The normalized spacial score (nSPS) is 16.9. The van der Waals surface area contributed by atoms with Gasteiger partial charge in [-0.05, 0) is 42.7 Å². The van der Waals surface area contributed by atoms with Gasteiger partial charge >= 0.3 is 6.09 Å². The zero-order valence-corrected chi connectivity index (χ0v) is 23.3. The number of piperidine rings is 1. The summed E-state index contributed by atoms with van der Waals surface area (Å²) in [7, 11) is 3.05. The van der Waals surface area contributed by atoms with Crippen molar-refractivity contribution < 1.29 is 29.0 Å². The number of nitrogens with one attached hydrogen (secondary N) is 2. The second-order valence-electron chi connectivity index (χ2n) is 10.2. The lowest BCUT2D eigenvalue weighted by atomic mass is 9.99. The second-order valence-corrected chi connectivity index (χ2v) is 10.2. The van der Waals surface area contributed by atoms with Crippen LogP contribution >= 0.6 is 0 Å².